The molecule has 0 spiro atoms. The molecular weight excluding hydrogens is 326 g/mol. The van der Waals surface area contributed by atoms with Crippen LogP contribution in [0.5, 0.6) is 0 Å². The third-order valence-corrected chi connectivity index (χ3v) is 3.95. The second-order valence-electron chi connectivity index (χ2n) is 5.57. The number of rotatable bonds is 8. The van der Waals surface area contributed by atoms with Crippen molar-refractivity contribution in [2.45, 2.75) is 25.9 Å². The van der Waals surface area contributed by atoms with E-state index in [1.807, 2.05) is 42.5 Å². The van der Waals surface area contributed by atoms with Crippen LogP contribution in [0.4, 0.5) is 5.69 Å². The Morgan fingerprint density at radius 2 is 1.67 bits per heavy atom. The Balaban J connectivity index is 1.70. The van der Waals surface area contributed by atoms with E-state index >= 15 is 0 Å². The number of nitrogens with one attached hydrogen (secondary N) is 1. The number of sulfonamides is 1. The number of esters is 1. The van der Waals surface area contributed by atoms with E-state index in [9.17, 15) is 13.2 Å². The highest BCUT2D eigenvalue weighted by Crippen LogP contribution is 2.13. The minimum atomic E-state index is -3.26. The van der Waals surface area contributed by atoms with Gasteiger partial charge in [-0.2, -0.15) is 0 Å². The molecule has 5 nitrogen and oxygen atoms in total. The maximum absolute atomic E-state index is 11.7. The average Bonchev–Trinajstić information content (AvgIpc) is 2.54. The van der Waals surface area contributed by atoms with Gasteiger partial charge < -0.3 is 4.74 Å². The maximum Gasteiger partial charge on any atom is 0.306 e. The highest BCUT2D eigenvalue weighted by molar-refractivity contribution is 7.92. The molecule has 2 aromatic rings. The summed E-state index contributed by atoms with van der Waals surface area (Å²) in [6.45, 7) is 0.297. The molecule has 2 aromatic carbocycles. The summed E-state index contributed by atoms with van der Waals surface area (Å²) in [5.41, 5.74) is 2.55. The minimum absolute atomic E-state index is 0.214. The van der Waals surface area contributed by atoms with Crippen LogP contribution in [0.1, 0.15) is 24.0 Å². The molecule has 24 heavy (non-hydrogen) atoms. The number of anilines is 1. The van der Waals surface area contributed by atoms with Crippen LogP contribution in [0.25, 0.3) is 0 Å². The predicted molar refractivity (Wildman–Crippen MR) is 94.1 cm³/mol. The van der Waals surface area contributed by atoms with E-state index in [1.165, 1.54) is 0 Å². The molecule has 0 radical (unpaired) electrons. The zero-order valence-corrected chi connectivity index (χ0v) is 14.4. The fourth-order valence-electron chi connectivity index (χ4n) is 2.20. The van der Waals surface area contributed by atoms with Gasteiger partial charge in [0.2, 0.25) is 10.0 Å². The molecule has 0 heterocycles. The summed E-state index contributed by atoms with van der Waals surface area (Å²) in [6, 6.07) is 16.7. The summed E-state index contributed by atoms with van der Waals surface area (Å²) in [5, 5.41) is 0. The zero-order valence-electron chi connectivity index (χ0n) is 13.6. The molecule has 0 amide bonds. The summed E-state index contributed by atoms with van der Waals surface area (Å²) in [4.78, 5) is 11.7. The minimum Gasteiger partial charge on any atom is -0.461 e. The molecule has 0 aliphatic carbocycles. The Morgan fingerprint density at radius 1 is 1.00 bits per heavy atom. The van der Waals surface area contributed by atoms with Crippen LogP contribution in [0, 0.1) is 0 Å². The van der Waals surface area contributed by atoms with Crippen LogP contribution in [-0.2, 0) is 32.6 Å². The van der Waals surface area contributed by atoms with Gasteiger partial charge in [-0.1, -0.05) is 42.5 Å². The predicted octanol–water partition coefficient (Wildman–Crippen LogP) is 3.12. The molecule has 0 bridgehead atoms. The molecule has 1 N–H and O–H groups in total. The Hall–Kier alpha value is -2.34. The lowest BCUT2D eigenvalue weighted by atomic mass is 10.1. The number of benzene rings is 2. The highest BCUT2D eigenvalue weighted by atomic mass is 32.2. The van der Waals surface area contributed by atoms with E-state index in [2.05, 4.69) is 4.72 Å². The summed E-state index contributed by atoms with van der Waals surface area (Å²) < 4.78 is 29.9. The summed E-state index contributed by atoms with van der Waals surface area (Å²) in [6.07, 6.45) is 2.89. The fourth-order valence-corrected chi connectivity index (χ4v) is 2.76. The molecule has 6 heteroatoms. The number of carbonyl (C=O) groups excluding carboxylic acids is 1. The summed E-state index contributed by atoms with van der Waals surface area (Å²) >= 11 is 0. The first-order valence-electron chi connectivity index (χ1n) is 7.69. The standard InChI is InChI=1S/C18H21NO4S/c1-24(21,22)19-17-12-10-15(11-13-17)8-5-9-18(20)23-14-16-6-3-2-4-7-16/h2-4,6-7,10-13,19H,5,8-9,14H2,1H3. The van der Waals surface area contributed by atoms with Crippen LogP contribution in [0.3, 0.4) is 0 Å². The Labute approximate surface area is 142 Å². The maximum atomic E-state index is 11.7. The van der Waals surface area contributed by atoms with E-state index in [0.717, 1.165) is 23.8 Å². The van der Waals surface area contributed by atoms with Gasteiger partial charge in [0.1, 0.15) is 6.61 Å². The molecular formula is C18H21NO4S. The second kappa shape index (κ2) is 8.49. The van der Waals surface area contributed by atoms with E-state index in [1.54, 1.807) is 12.1 Å². The van der Waals surface area contributed by atoms with Crippen molar-refractivity contribution in [1.82, 2.24) is 0 Å². The first kappa shape index (κ1) is 18.0. The van der Waals surface area contributed by atoms with Gasteiger partial charge in [0.05, 0.1) is 6.26 Å². The van der Waals surface area contributed by atoms with Gasteiger partial charge in [-0.25, -0.2) is 8.42 Å². The number of aryl methyl sites for hydroxylation is 1. The number of hydrogen-bond donors (Lipinski definition) is 1. The van der Waals surface area contributed by atoms with Crippen molar-refractivity contribution >= 4 is 21.7 Å². The van der Waals surface area contributed by atoms with Crippen molar-refractivity contribution in [3.8, 4) is 0 Å². The third-order valence-electron chi connectivity index (χ3n) is 3.35. The van der Waals surface area contributed by atoms with Gasteiger partial charge in [-0.05, 0) is 36.1 Å². The van der Waals surface area contributed by atoms with Crippen molar-refractivity contribution in [1.29, 1.82) is 0 Å². The van der Waals surface area contributed by atoms with Gasteiger partial charge in [0, 0.05) is 12.1 Å². The molecule has 0 atom stereocenters. The van der Waals surface area contributed by atoms with Crippen molar-refractivity contribution in [3.05, 3.63) is 65.7 Å². The van der Waals surface area contributed by atoms with Crippen LogP contribution in [-0.4, -0.2) is 20.6 Å². The highest BCUT2D eigenvalue weighted by Gasteiger charge is 2.05. The molecule has 0 saturated carbocycles. The SMILES string of the molecule is CS(=O)(=O)Nc1ccc(CCCC(=O)OCc2ccccc2)cc1. The molecule has 0 aliphatic heterocycles. The first-order valence-corrected chi connectivity index (χ1v) is 9.58. The zero-order chi connectivity index (χ0) is 17.4. The fraction of sp³-hybridized carbons (Fsp3) is 0.278. The van der Waals surface area contributed by atoms with Crippen LogP contribution in [0.15, 0.2) is 54.6 Å². The first-order chi connectivity index (χ1) is 11.4. The van der Waals surface area contributed by atoms with Crippen molar-refractivity contribution in [2.75, 3.05) is 11.0 Å². The molecule has 0 aliphatic rings. The van der Waals surface area contributed by atoms with Gasteiger partial charge in [-0.3, -0.25) is 9.52 Å². The molecule has 0 aromatic heterocycles. The van der Waals surface area contributed by atoms with Gasteiger partial charge in [-0.15, -0.1) is 0 Å². The Bertz CT molecular complexity index is 755. The summed E-state index contributed by atoms with van der Waals surface area (Å²) in [5.74, 6) is -0.214. The summed E-state index contributed by atoms with van der Waals surface area (Å²) in [7, 11) is -3.26. The van der Waals surface area contributed by atoms with Gasteiger partial charge in [0.15, 0.2) is 0 Å². The number of ether oxygens (including phenoxy) is 1. The quantitative estimate of drug-likeness (QED) is 0.745. The Morgan fingerprint density at radius 3 is 2.29 bits per heavy atom. The van der Waals surface area contributed by atoms with Gasteiger partial charge in [0.25, 0.3) is 0 Å². The monoisotopic (exact) mass is 347 g/mol. The van der Waals surface area contributed by atoms with E-state index < -0.39 is 10.0 Å². The van der Waals surface area contributed by atoms with Crippen molar-refractivity contribution in [2.24, 2.45) is 0 Å². The lowest BCUT2D eigenvalue weighted by Crippen LogP contribution is -2.09. The smallest absolute Gasteiger partial charge is 0.306 e. The normalized spacial score (nSPS) is 11.0. The van der Waals surface area contributed by atoms with Crippen LogP contribution < -0.4 is 4.72 Å². The molecule has 2 rings (SSSR count). The van der Waals surface area contributed by atoms with Gasteiger partial charge >= 0.3 is 5.97 Å². The van der Waals surface area contributed by atoms with Crippen molar-refractivity contribution in [3.63, 3.8) is 0 Å². The lowest BCUT2D eigenvalue weighted by Gasteiger charge is -2.06. The van der Waals surface area contributed by atoms with E-state index in [0.29, 0.717) is 25.1 Å². The average molecular weight is 347 g/mol. The molecule has 0 fully saturated rings. The Kier molecular flexibility index (Phi) is 6.37. The molecule has 0 unspecified atom stereocenters. The van der Waals surface area contributed by atoms with E-state index in [-0.39, 0.29) is 5.97 Å². The molecule has 128 valence electrons. The topological polar surface area (TPSA) is 72.5 Å². The number of carbonyl (C=O) groups is 1. The lowest BCUT2D eigenvalue weighted by molar-refractivity contribution is -0.145. The number of hydrogen-bond acceptors (Lipinski definition) is 4. The largest absolute Gasteiger partial charge is 0.461 e. The van der Waals surface area contributed by atoms with Crippen LogP contribution >= 0.6 is 0 Å². The molecule has 0 saturated heterocycles. The van der Waals surface area contributed by atoms with Crippen LogP contribution in [0.2, 0.25) is 0 Å². The van der Waals surface area contributed by atoms with Crippen molar-refractivity contribution < 1.29 is 17.9 Å². The third kappa shape index (κ3) is 6.83. The van der Waals surface area contributed by atoms with E-state index in [4.69, 9.17) is 4.74 Å². The second-order valence-corrected chi connectivity index (χ2v) is 7.32.